The highest BCUT2D eigenvalue weighted by Crippen LogP contribution is 2.23. The Hall–Kier alpha value is -1.61. The molecule has 3 heteroatoms. The van der Waals surface area contributed by atoms with Crippen LogP contribution >= 0.6 is 15.9 Å². The minimum Gasteiger partial charge on any atom is -0.370 e. The number of halogens is 1. The van der Waals surface area contributed by atoms with E-state index in [1.54, 1.807) is 0 Å². The number of hydrogen-bond donors (Lipinski definition) is 0. The van der Waals surface area contributed by atoms with E-state index in [4.69, 9.17) is 0 Å². The Bertz CT molecular complexity index is 539. The molecule has 0 saturated carbocycles. The van der Waals surface area contributed by atoms with Crippen LogP contribution in [0.2, 0.25) is 0 Å². The summed E-state index contributed by atoms with van der Waals surface area (Å²) >= 11 is 3.38. The van der Waals surface area contributed by atoms with Crippen LogP contribution in [-0.2, 0) is 6.54 Å². The molecule has 2 nitrogen and oxygen atoms in total. The van der Waals surface area contributed by atoms with Crippen molar-refractivity contribution in [3.63, 3.8) is 0 Å². The van der Waals surface area contributed by atoms with Crippen molar-refractivity contribution >= 4 is 27.9 Å². The van der Waals surface area contributed by atoms with Gasteiger partial charge in [0.1, 0.15) is 0 Å². The first-order chi connectivity index (χ1) is 8.70. The third-order valence-corrected chi connectivity index (χ3v) is 3.28. The zero-order chi connectivity index (χ0) is 13.0. The van der Waals surface area contributed by atoms with E-state index >= 15 is 0 Å². The standard InChI is InChI=1S/C15H14BrNO/c1-17(10-12-5-3-2-4-6-12)15-8-7-14(16)9-13(15)11-18/h2-9,11H,10H2,1H3. The fraction of sp³-hybridized carbons (Fsp3) is 0.133. The molecule has 0 aliphatic rings. The van der Waals surface area contributed by atoms with E-state index in [1.165, 1.54) is 5.56 Å². The first kappa shape index (κ1) is 12.8. The second-order valence-corrected chi connectivity index (χ2v) is 5.08. The predicted molar refractivity (Wildman–Crippen MR) is 78.1 cm³/mol. The smallest absolute Gasteiger partial charge is 0.152 e. The molecule has 0 N–H and O–H groups in total. The minimum absolute atomic E-state index is 0.697. The van der Waals surface area contributed by atoms with Crippen LogP contribution in [0.25, 0.3) is 0 Å². The van der Waals surface area contributed by atoms with Crippen molar-refractivity contribution in [2.75, 3.05) is 11.9 Å². The van der Waals surface area contributed by atoms with Crippen LogP contribution < -0.4 is 4.90 Å². The van der Waals surface area contributed by atoms with Crippen molar-refractivity contribution in [3.8, 4) is 0 Å². The van der Waals surface area contributed by atoms with Gasteiger partial charge in [-0.25, -0.2) is 0 Å². The number of nitrogens with zero attached hydrogens (tertiary/aromatic N) is 1. The second-order valence-electron chi connectivity index (χ2n) is 4.16. The molecule has 0 radical (unpaired) electrons. The number of anilines is 1. The van der Waals surface area contributed by atoms with Crippen LogP contribution in [0.5, 0.6) is 0 Å². The average molecular weight is 304 g/mol. The highest BCUT2D eigenvalue weighted by atomic mass is 79.9. The van der Waals surface area contributed by atoms with E-state index < -0.39 is 0 Å². The zero-order valence-corrected chi connectivity index (χ0v) is 11.7. The Labute approximate surface area is 115 Å². The second kappa shape index (κ2) is 5.83. The third kappa shape index (κ3) is 2.99. The van der Waals surface area contributed by atoms with Crippen molar-refractivity contribution in [2.24, 2.45) is 0 Å². The van der Waals surface area contributed by atoms with E-state index in [9.17, 15) is 4.79 Å². The van der Waals surface area contributed by atoms with Crippen molar-refractivity contribution in [1.29, 1.82) is 0 Å². The molecule has 0 saturated heterocycles. The predicted octanol–water partition coefficient (Wildman–Crippen LogP) is 3.90. The number of carbonyl (C=O) groups excluding carboxylic acids is 1. The summed E-state index contributed by atoms with van der Waals surface area (Å²) in [6.07, 6.45) is 0.890. The molecule has 0 aliphatic carbocycles. The van der Waals surface area contributed by atoms with Gasteiger partial charge in [-0.15, -0.1) is 0 Å². The zero-order valence-electron chi connectivity index (χ0n) is 10.1. The first-order valence-corrected chi connectivity index (χ1v) is 6.50. The molecule has 0 heterocycles. The molecule has 0 aromatic heterocycles. The summed E-state index contributed by atoms with van der Waals surface area (Å²) < 4.78 is 0.918. The third-order valence-electron chi connectivity index (χ3n) is 2.79. The molecule has 0 bridgehead atoms. The molecular formula is C15H14BrNO. The van der Waals surface area contributed by atoms with E-state index in [0.717, 1.165) is 23.0 Å². The van der Waals surface area contributed by atoms with Crippen molar-refractivity contribution < 1.29 is 4.79 Å². The topological polar surface area (TPSA) is 20.3 Å². The largest absolute Gasteiger partial charge is 0.370 e. The number of hydrogen-bond acceptors (Lipinski definition) is 2. The fourth-order valence-electron chi connectivity index (χ4n) is 1.91. The molecule has 18 heavy (non-hydrogen) atoms. The summed E-state index contributed by atoms with van der Waals surface area (Å²) in [5.41, 5.74) is 2.86. The number of carbonyl (C=O) groups is 1. The summed E-state index contributed by atoms with van der Waals surface area (Å²) in [5, 5.41) is 0. The van der Waals surface area contributed by atoms with Gasteiger partial charge in [-0.2, -0.15) is 0 Å². The van der Waals surface area contributed by atoms with Gasteiger partial charge >= 0.3 is 0 Å². The van der Waals surface area contributed by atoms with Crippen molar-refractivity contribution in [1.82, 2.24) is 0 Å². The molecular weight excluding hydrogens is 290 g/mol. The monoisotopic (exact) mass is 303 g/mol. The molecule has 92 valence electrons. The van der Waals surface area contributed by atoms with Gasteiger partial charge in [-0.05, 0) is 23.8 Å². The number of rotatable bonds is 4. The Balaban J connectivity index is 2.23. The van der Waals surface area contributed by atoms with E-state index in [-0.39, 0.29) is 0 Å². The Morgan fingerprint density at radius 2 is 1.89 bits per heavy atom. The Morgan fingerprint density at radius 1 is 1.17 bits per heavy atom. The molecule has 0 aliphatic heterocycles. The normalized spacial score (nSPS) is 10.1. The maximum atomic E-state index is 11.1. The van der Waals surface area contributed by atoms with E-state index in [1.807, 2.05) is 43.4 Å². The summed E-state index contributed by atoms with van der Waals surface area (Å²) in [5.74, 6) is 0. The van der Waals surface area contributed by atoms with Gasteiger partial charge in [-0.1, -0.05) is 46.3 Å². The van der Waals surface area contributed by atoms with Gasteiger partial charge in [0.25, 0.3) is 0 Å². The molecule has 0 unspecified atom stereocenters. The van der Waals surface area contributed by atoms with Gasteiger partial charge in [0.2, 0.25) is 0 Å². The molecule has 0 amide bonds. The quantitative estimate of drug-likeness (QED) is 0.799. The molecule has 0 atom stereocenters. The van der Waals surface area contributed by atoms with Crippen LogP contribution in [0.4, 0.5) is 5.69 Å². The van der Waals surface area contributed by atoms with Crippen LogP contribution in [-0.4, -0.2) is 13.3 Å². The lowest BCUT2D eigenvalue weighted by Gasteiger charge is -2.21. The summed E-state index contributed by atoms with van der Waals surface area (Å²) in [6.45, 7) is 0.781. The highest BCUT2D eigenvalue weighted by molar-refractivity contribution is 9.10. The summed E-state index contributed by atoms with van der Waals surface area (Å²) in [4.78, 5) is 13.2. The Kier molecular flexibility index (Phi) is 4.15. The summed E-state index contributed by atoms with van der Waals surface area (Å²) in [6, 6.07) is 15.9. The average Bonchev–Trinajstić information content (AvgIpc) is 2.39. The lowest BCUT2D eigenvalue weighted by Crippen LogP contribution is -2.17. The molecule has 0 spiro atoms. The van der Waals surface area contributed by atoms with Gasteiger partial charge in [0.05, 0.1) is 0 Å². The minimum atomic E-state index is 0.697. The maximum Gasteiger partial charge on any atom is 0.152 e. The van der Waals surface area contributed by atoms with E-state index in [0.29, 0.717) is 5.56 Å². The van der Waals surface area contributed by atoms with Crippen LogP contribution in [0.3, 0.4) is 0 Å². The number of benzene rings is 2. The van der Waals surface area contributed by atoms with E-state index in [2.05, 4.69) is 33.0 Å². The van der Waals surface area contributed by atoms with Crippen molar-refractivity contribution in [3.05, 3.63) is 64.1 Å². The molecule has 0 fully saturated rings. The van der Waals surface area contributed by atoms with Crippen molar-refractivity contribution in [2.45, 2.75) is 6.54 Å². The fourth-order valence-corrected chi connectivity index (χ4v) is 2.29. The lowest BCUT2D eigenvalue weighted by molar-refractivity contribution is 0.112. The summed E-state index contributed by atoms with van der Waals surface area (Å²) in [7, 11) is 1.99. The lowest BCUT2D eigenvalue weighted by atomic mass is 10.1. The number of aldehydes is 1. The SMILES string of the molecule is CN(Cc1ccccc1)c1ccc(Br)cc1C=O. The molecule has 2 aromatic carbocycles. The highest BCUT2D eigenvalue weighted by Gasteiger charge is 2.07. The molecule has 2 aromatic rings. The van der Waals surface area contributed by atoms with Gasteiger partial charge < -0.3 is 4.90 Å². The van der Waals surface area contributed by atoms with Crippen LogP contribution in [0.15, 0.2) is 53.0 Å². The molecule has 2 rings (SSSR count). The van der Waals surface area contributed by atoms with Gasteiger partial charge in [-0.3, -0.25) is 4.79 Å². The van der Waals surface area contributed by atoms with Gasteiger partial charge in [0.15, 0.2) is 6.29 Å². The Morgan fingerprint density at radius 3 is 2.56 bits per heavy atom. The maximum absolute atomic E-state index is 11.1. The van der Waals surface area contributed by atoms with Gasteiger partial charge in [0, 0.05) is 29.3 Å². The van der Waals surface area contributed by atoms with Crippen LogP contribution in [0.1, 0.15) is 15.9 Å². The van der Waals surface area contributed by atoms with Crippen LogP contribution in [0, 0.1) is 0 Å². The first-order valence-electron chi connectivity index (χ1n) is 5.70.